The van der Waals surface area contributed by atoms with Crippen LogP contribution in [0.5, 0.6) is 0 Å². The molecule has 1 unspecified atom stereocenters. The normalized spacial score (nSPS) is 11.9. The number of hydrogen-bond donors (Lipinski definition) is 1. The first kappa shape index (κ1) is 18.1. The largest absolute Gasteiger partial charge is 0.441 e. The predicted octanol–water partition coefficient (Wildman–Crippen LogP) is 3.93. The highest BCUT2D eigenvalue weighted by molar-refractivity contribution is 7.84. The molecule has 6 heteroatoms. The van der Waals surface area contributed by atoms with Gasteiger partial charge in [-0.3, -0.25) is 9.00 Å². The Kier molecular flexibility index (Phi) is 5.96. The summed E-state index contributed by atoms with van der Waals surface area (Å²) < 4.78 is 18.0. The SMILES string of the molecule is Cc1oc(-c2ccccc2)nc1CS(=O)CCC(=O)Nc1ccccc1. The summed E-state index contributed by atoms with van der Waals surface area (Å²) in [7, 11) is -1.19. The van der Waals surface area contributed by atoms with Gasteiger partial charge < -0.3 is 9.73 Å². The second-order valence-electron chi connectivity index (χ2n) is 5.84. The van der Waals surface area contributed by atoms with Crippen LogP contribution in [0, 0.1) is 6.92 Å². The maximum Gasteiger partial charge on any atom is 0.226 e. The zero-order valence-corrected chi connectivity index (χ0v) is 15.3. The number of amides is 1. The molecule has 5 nitrogen and oxygen atoms in total. The van der Waals surface area contributed by atoms with E-state index in [-0.39, 0.29) is 23.8 Å². The third kappa shape index (κ3) is 4.89. The lowest BCUT2D eigenvalue weighted by Crippen LogP contribution is -2.15. The Morgan fingerprint density at radius 3 is 2.42 bits per heavy atom. The van der Waals surface area contributed by atoms with Gasteiger partial charge in [0.05, 0.1) is 11.4 Å². The molecule has 0 radical (unpaired) electrons. The van der Waals surface area contributed by atoms with E-state index in [0.29, 0.717) is 17.3 Å². The standard InChI is InChI=1S/C20H20N2O3S/c1-15-18(22-20(25-15)16-8-4-2-5-9-16)14-26(24)13-12-19(23)21-17-10-6-3-7-11-17/h2-11H,12-14H2,1H3,(H,21,23). The molecule has 134 valence electrons. The number of nitrogens with one attached hydrogen (secondary N) is 1. The number of carbonyl (C=O) groups is 1. The van der Waals surface area contributed by atoms with E-state index in [1.54, 1.807) is 0 Å². The topological polar surface area (TPSA) is 72.2 Å². The van der Waals surface area contributed by atoms with Crippen LogP contribution in [-0.2, 0) is 21.3 Å². The Hall–Kier alpha value is -2.73. The second kappa shape index (κ2) is 8.58. The zero-order chi connectivity index (χ0) is 18.4. The number of aryl methyl sites for hydroxylation is 1. The fourth-order valence-electron chi connectivity index (χ4n) is 2.44. The number of aromatic nitrogens is 1. The number of rotatable bonds is 7. The summed E-state index contributed by atoms with van der Waals surface area (Å²) in [5.41, 5.74) is 2.30. The van der Waals surface area contributed by atoms with Crippen LogP contribution in [0.25, 0.3) is 11.5 Å². The molecular formula is C20H20N2O3S. The van der Waals surface area contributed by atoms with Crippen molar-refractivity contribution in [2.45, 2.75) is 19.1 Å². The molecule has 0 aliphatic carbocycles. The highest BCUT2D eigenvalue weighted by Gasteiger charge is 2.14. The van der Waals surface area contributed by atoms with E-state index in [1.807, 2.05) is 67.6 Å². The quantitative estimate of drug-likeness (QED) is 0.686. The number of anilines is 1. The summed E-state index contributed by atoms with van der Waals surface area (Å²) in [5, 5.41) is 2.79. The molecule has 1 aromatic heterocycles. The van der Waals surface area contributed by atoms with Crippen molar-refractivity contribution in [3.63, 3.8) is 0 Å². The summed E-state index contributed by atoms with van der Waals surface area (Å²) in [6.07, 6.45) is 0.198. The first-order valence-electron chi connectivity index (χ1n) is 8.33. The van der Waals surface area contributed by atoms with Crippen LogP contribution in [0.4, 0.5) is 5.69 Å². The number of nitrogens with zero attached hydrogens (tertiary/aromatic N) is 1. The molecule has 0 spiro atoms. The van der Waals surface area contributed by atoms with Gasteiger partial charge in [-0.25, -0.2) is 4.98 Å². The number of oxazole rings is 1. The average molecular weight is 368 g/mol. The van der Waals surface area contributed by atoms with Crippen molar-refractivity contribution in [3.05, 3.63) is 72.1 Å². The predicted molar refractivity (Wildman–Crippen MR) is 103 cm³/mol. The number of para-hydroxylation sites is 1. The van der Waals surface area contributed by atoms with Crippen molar-refractivity contribution in [1.29, 1.82) is 0 Å². The molecule has 26 heavy (non-hydrogen) atoms. The summed E-state index contributed by atoms with van der Waals surface area (Å²) in [4.78, 5) is 16.4. The minimum atomic E-state index is -1.19. The van der Waals surface area contributed by atoms with Crippen LogP contribution < -0.4 is 5.32 Å². The molecular weight excluding hydrogens is 348 g/mol. The molecule has 1 amide bonds. The van der Waals surface area contributed by atoms with Gasteiger partial charge in [0.1, 0.15) is 5.76 Å². The molecule has 0 fully saturated rings. The van der Waals surface area contributed by atoms with Gasteiger partial charge in [-0.1, -0.05) is 36.4 Å². The van der Waals surface area contributed by atoms with Crippen LogP contribution in [0.15, 0.2) is 65.1 Å². The highest BCUT2D eigenvalue weighted by atomic mass is 32.2. The third-order valence-electron chi connectivity index (χ3n) is 3.83. The minimum absolute atomic E-state index is 0.147. The van der Waals surface area contributed by atoms with Gasteiger partial charge >= 0.3 is 0 Å². The van der Waals surface area contributed by atoms with E-state index < -0.39 is 10.8 Å². The maximum atomic E-state index is 12.3. The van der Waals surface area contributed by atoms with E-state index in [2.05, 4.69) is 10.3 Å². The van der Waals surface area contributed by atoms with Gasteiger partial charge in [0.2, 0.25) is 11.8 Å². The van der Waals surface area contributed by atoms with Crippen molar-refractivity contribution in [1.82, 2.24) is 4.98 Å². The summed E-state index contributed by atoms with van der Waals surface area (Å²) in [5.74, 6) is 1.60. The Labute approximate surface area is 154 Å². The van der Waals surface area contributed by atoms with Crippen LogP contribution in [-0.4, -0.2) is 20.9 Å². The van der Waals surface area contributed by atoms with Gasteiger partial charge in [-0.15, -0.1) is 0 Å². The molecule has 0 bridgehead atoms. The van der Waals surface area contributed by atoms with Gasteiger partial charge in [0, 0.05) is 34.2 Å². The Bertz CT molecular complexity index is 892. The van der Waals surface area contributed by atoms with Gasteiger partial charge in [-0.2, -0.15) is 0 Å². The molecule has 0 saturated carbocycles. The lowest BCUT2D eigenvalue weighted by atomic mass is 10.2. The zero-order valence-electron chi connectivity index (χ0n) is 14.5. The second-order valence-corrected chi connectivity index (χ2v) is 7.42. The lowest BCUT2D eigenvalue weighted by molar-refractivity contribution is -0.115. The van der Waals surface area contributed by atoms with Crippen LogP contribution in [0.2, 0.25) is 0 Å². The number of carbonyl (C=O) groups excluding carboxylic acids is 1. The number of benzene rings is 2. The van der Waals surface area contributed by atoms with Crippen molar-refractivity contribution in [2.24, 2.45) is 0 Å². The molecule has 0 saturated heterocycles. The fourth-order valence-corrected chi connectivity index (χ4v) is 3.57. The molecule has 3 aromatic rings. The first-order valence-corrected chi connectivity index (χ1v) is 9.82. The van der Waals surface area contributed by atoms with Crippen LogP contribution >= 0.6 is 0 Å². The Morgan fingerprint density at radius 1 is 1.08 bits per heavy atom. The van der Waals surface area contributed by atoms with E-state index in [4.69, 9.17) is 4.42 Å². The fraction of sp³-hybridized carbons (Fsp3) is 0.200. The first-order chi connectivity index (χ1) is 12.6. The molecule has 1 N–H and O–H groups in total. The van der Waals surface area contributed by atoms with Crippen molar-refractivity contribution < 1.29 is 13.4 Å². The summed E-state index contributed by atoms with van der Waals surface area (Å²) in [6.45, 7) is 1.81. The molecule has 0 aliphatic heterocycles. The molecule has 1 heterocycles. The smallest absolute Gasteiger partial charge is 0.226 e. The van der Waals surface area contributed by atoms with Crippen molar-refractivity contribution in [3.8, 4) is 11.5 Å². The van der Waals surface area contributed by atoms with E-state index in [1.165, 1.54) is 0 Å². The van der Waals surface area contributed by atoms with Crippen LogP contribution in [0.3, 0.4) is 0 Å². The molecule has 0 aliphatic rings. The maximum absolute atomic E-state index is 12.3. The van der Waals surface area contributed by atoms with E-state index in [9.17, 15) is 9.00 Å². The summed E-state index contributed by atoms with van der Waals surface area (Å²) >= 11 is 0. The number of hydrogen-bond acceptors (Lipinski definition) is 4. The molecule has 2 aromatic carbocycles. The Balaban J connectivity index is 1.54. The monoisotopic (exact) mass is 368 g/mol. The van der Waals surface area contributed by atoms with Gasteiger partial charge in [0.25, 0.3) is 0 Å². The van der Waals surface area contributed by atoms with E-state index in [0.717, 1.165) is 11.3 Å². The van der Waals surface area contributed by atoms with Crippen molar-refractivity contribution >= 4 is 22.4 Å². The highest BCUT2D eigenvalue weighted by Crippen LogP contribution is 2.22. The van der Waals surface area contributed by atoms with Crippen molar-refractivity contribution in [2.75, 3.05) is 11.1 Å². The minimum Gasteiger partial charge on any atom is -0.441 e. The summed E-state index contributed by atoms with van der Waals surface area (Å²) in [6, 6.07) is 18.8. The third-order valence-corrected chi connectivity index (χ3v) is 5.08. The lowest BCUT2D eigenvalue weighted by Gasteiger charge is -2.04. The van der Waals surface area contributed by atoms with E-state index >= 15 is 0 Å². The van der Waals surface area contributed by atoms with Crippen LogP contribution in [0.1, 0.15) is 17.9 Å². The molecule has 1 atom stereocenters. The Morgan fingerprint density at radius 2 is 1.73 bits per heavy atom. The average Bonchev–Trinajstić information content (AvgIpc) is 3.02. The van der Waals surface area contributed by atoms with Gasteiger partial charge in [-0.05, 0) is 31.2 Å². The van der Waals surface area contributed by atoms with Gasteiger partial charge in [0.15, 0.2) is 0 Å². The molecule has 3 rings (SSSR count).